The lowest BCUT2D eigenvalue weighted by atomic mass is 9.77. The van der Waals surface area contributed by atoms with Crippen LogP contribution >= 0.6 is 12.2 Å². The lowest BCUT2D eigenvalue weighted by Crippen LogP contribution is -2.50. The monoisotopic (exact) mass is 310 g/mol. The van der Waals surface area contributed by atoms with Crippen molar-refractivity contribution in [3.05, 3.63) is 0 Å². The zero-order valence-corrected chi connectivity index (χ0v) is 14.4. The van der Waals surface area contributed by atoms with Crippen LogP contribution in [0, 0.1) is 11.3 Å². The van der Waals surface area contributed by atoms with Gasteiger partial charge in [0.2, 0.25) is 5.91 Å². The number of carbonyl (C=O) groups excluding carboxylic acids is 1. The van der Waals surface area contributed by atoms with Crippen molar-refractivity contribution in [3.63, 3.8) is 0 Å². The minimum atomic E-state index is -0.137. The van der Waals surface area contributed by atoms with E-state index < -0.39 is 0 Å². The maximum atomic E-state index is 13.3. The number of rotatable bonds is 6. The molecule has 3 nitrogen and oxygen atoms in total. The molecular formula is C17H30N2OS. The van der Waals surface area contributed by atoms with Gasteiger partial charge in [0.25, 0.3) is 0 Å². The van der Waals surface area contributed by atoms with E-state index in [0.29, 0.717) is 29.4 Å². The molecule has 21 heavy (non-hydrogen) atoms. The molecule has 0 aromatic rings. The molecule has 0 aliphatic heterocycles. The fraction of sp³-hybridized carbons (Fsp3) is 0.882. The number of hydrogen-bond donors (Lipinski definition) is 1. The average molecular weight is 311 g/mol. The molecule has 4 heteroatoms. The van der Waals surface area contributed by atoms with Crippen LogP contribution in [0.15, 0.2) is 0 Å². The van der Waals surface area contributed by atoms with E-state index in [1.165, 1.54) is 25.7 Å². The van der Waals surface area contributed by atoms with Crippen LogP contribution in [0.4, 0.5) is 0 Å². The van der Waals surface area contributed by atoms with Gasteiger partial charge < -0.3 is 10.6 Å². The normalized spacial score (nSPS) is 21.9. The van der Waals surface area contributed by atoms with Gasteiger partial charge in [0.05, 0.1) is 11.5 Å². The van der Waals surface area contributed by atoms with Gasteiger partial charge in [-0.3, -0.25) is 4.79 Å². The molecule has 2 rings (SSSR count). The van der Waals surface area contributed by atoms with Crippen molar-refractivity contribution in [3.8, 4) is 0 Å². The average Bonchev–Trinajstić information content (AvgIpc) is 3.05. The molecule has 2 N–H and O–H groups in total. The third kappa shape index (κ3) is 3.97. The third-order valence-corrected chi connectivity index (χ3v) is 5.29. The van der Waals surface area contributed by atoms with E-state index in [4.69, 9.17) is 18.0 Å². The van der Waals surface area contributed by atoms with Gasteiger partial charge in [-0.05, 0) is 38.0 Å². The molecular weight excluding hydrogens is 280 g/mol. The SMILES string of the molecule is CC(C)CC1(C(=O)N(CC(N)=S)C2CCCC2)CCCC1. The van der Waals surface area contributed by atoms with Crippen LogP contribution in [0.3, 0.4) is 0 Å². The molecule has 2 fully saturated rings. The van der Waals surface area contributed by atoms with Gasteiger partial charge in [0.15, 0.2) is 0 Å². The standard InChI is InChI=1S/C17H30N2OS/c1-13(2)11-17(9-5-6-10-17)16(20)19(12-15(18)21)14-7-3-4-8-14/h13-14H,3-12H2,1-2H3,(H2,18,21). The fourth-order valence-corrected chi connectivity index (χ4v) is 4.53. The second kappa shape index (κ2) is 7.08. The van der Waals surface area contributed by atoms with Crippen LogP contribution in [-0.4, -0.2) is 28.4 Å². The highest BCUT2D eigenvalue weighted by Crippen LogP contribution is 2.45. The Hall–Kier alpha value is -0.640. The number of carbonyl (C=O) groups is 1. The van der Waals surface area contributed by atoms with Crippen molar-refractivity contribution in [1.29, 1.82) is 0 Å². The Kier molecular flexibility index (Phi) is 5.64. The second-order valence-electron chi connectivity index (χ2n) is 7.42. The first-order chi connectivity index (χ1) is 9.94. The molecule has 0 heterocycles. The molecule has 0 radical (unpaired) electrons. The van der Waals surface area contributed by atoms with Gasteiger partial charge in [-0.15, -0.1) is 0 Å². The minimum Gasteiger partial charge on any atom is -0.392 e. The van der Waals surface area contributed by atoms with Gasteiger partial charge in [-0.25, -0.2) is 0 Å². The van der Waals surface area contributed by atoms with Gasteiger partial charge in [-0.2, -0.15) is 0 Å². The summed E-state index contributed by atoms with van der Waals surface area (Å²) in [4.78, 5) is 15.8. The van der Waals surface area contributed by atoms with E-state index in [2.05, 4.69) is 13.8 Å². The van der Waals surface area contributed by atoms with Crippen molar-refractivity contribution in [2.45, 2.75) is 77.7 Å². The topological polar surface area (TPSA) is 46.3 Å². The Labute approximate surface area is 134 Å². The lowest BCUT2D eigenvalue weighted by molar-refractivity contribution is -0.144. The number of nitrogens with two attached hydrogens (primary N) is 1. The quantitative estimate of drug-likeness (QED) is 0.762. The Morgan fingerprint density at radius 3 is 2.29 bits per heavy atom. The molecule has 0 unspecified atom stereocenters. The first-order valence-electron chi connectivity index (χ1n) is 8.54. The van der Waals surface area contributed by atoms with Gasteiger partial charge in [0.1, 0.15) is 0 Å². The predicted octanol–water partition coefficient (Wildman–Crippen LogP) is 3.65. The summed E-state index contributed by atoms with van der Waals surface area (Å²) in [6, 6.07) is 0.364. The maximum Gasteiger partial charge on any atom is 0.229 e. The summed E-state index contributed by atoms with van der Waals surface area (Å²) in [5.41, 5.74) is 5.64. The first kappa shape index (κ1) is 16.7. The highest BCUT2D eigenvalue weighted by Gasteiger charge is 2.45. The summed E-state index contributed by atoms with van der Waals surface area (Å²) in [7, 11) is 0. The van der Waals surface area contributed by atoms with E-state index in [1.54, 1.807) is 0 Å². The van der Waals surface area contributed by atoms with Crippen LogP contribution in [0.2, 0.25) is 0 Å². The summed E-state index contributed by atoms with van der Waals surface area (Å²) >= 11 is 5.11. The molecule has 0 bridgehead atoms. The Morgan fingerprint density at radius 1 is 1.24 bits per heavy atom. The van der Waals surface area contributed by atoms with Crippen molar-refractivity contribution in [2.24, 2.45) is 17.1 Å². The van der Waals surface area contributed by atoms with Crippen molar-refractivity contribution in [1.82, 2.24) is 4.90 Å². The Balaban J connectivity index is 2.19. The molecule has 0 spiro atoms. The number of nitrogens with zero attached hydrogens (tertiary/aromatic N) is 1. The molecule has 0 aromatic carbocycles. The van der Waals surface area contributed by atoms with Crippen molar-refractivity contribution in [2.75, 3.05) is 6.54 Å². The minimum absolute atomic E-state index is 0.137. The first-order valence-corrected chi connectivity index (χ1v) is 8.95. The van der Waals surface area contributed by atoms with Crippen LogP contribution in [0.25, 0.3) is 0 Å². The van der Waals surface area contributed by atoms with Gasteiger partial charge in [0, 0.05) is 11.5 Å². The Morgan fingerprint density at radius 2 is 1.81 bits per heavy atom. The van der Waals surface area contributed by atoms with Gasteiger partial charge in [-0.1, -0.05) is 51.7 Å². The number of hydrogen-bond acceptors (Lipinski definition) is 2. The fourth-order valence-electron chi connectivity index (χ4n) is 4.39. The molecule has 0 atom stereocenters. The molecule has 2 aliphatic carbocycles. The van der Waals surface area contributed by atoms with Crippen LogP contribution in [-0.2, 0) is 4.79 Å². The van der Waals surface area contributed by atoms with Crippen LogP contribution < -0.4 is 5.73 Å². The lowest BCUT2D eigenvalue weighted by Gasteiger charge is -2.38. The molecule has 2 aliphatic rings. The third-order valence-electron chi connectivity index (χ3n) is 5.17. The summed E-state index contributed by atoms with van der Waals surface area (Å²) in [6.07, 6.45) is 10.2. The van der Waals surface area contributed by atoms with Crippen molar-refractivity contribution < 1.29 is 4.79 Å². The summed E-state index contributed by atoms with van der Waals surface area (Å²) < 4.78 is 0. The van der Waals surface area contributed by atoms with E-state index in [9.17, 15) is 4.79 Å². The molecule has 120 valence electrons. The van der Waals surface area contributed by atoms with Crippen molar-refractivity contribution >= 4 is 23.1 Å². The molecule has 2 saturated carbocycles. The largest absolute Gasteiger partial charge is 0.392 e. The highest BCUT2D eigenvalue weighted by molar-refractivity contribution is 7.80. The van der Waals surface area contributed by atoms with Crippen LogP contribution in [0.5, 0.6) is 0 Å². The number of thiocarbonyl (C=S) groups is 1. The summed E-state index contributed by atoms with van der Waals surface area (Å²) in [5, 5.41) is 0. The molecule has 0 saturated heterocycles. The highest BCUT2D eigenvalue weighted by atomic mass is 32.1. The van der Waals surface area contributed by atoms with E-state index in [-0.39, 0.29) is 5.41 Å². The summed E-state index contributed by atoms with van der Waals surface area (Å²) in [5.74, 6) is 0.899. The maximum absolute atomic E-state index is 13.3. The number of amides is 1. The Bertz CT molecular complexity index is 382. The van der Waals surface area contributed by atoms with Gasteiger partial charge >= 0.3 is 0 Å². The van der Waals surface area contributed by atoms with E-state index in [0.717, 1.165) is 32.1 Å². The van der Waals surface area contributed by atoms with E-state index in [1.807, 2.05) is 4.90 Å². The second-order valence-corrected chi connectivity index (χ2v) is 7.95. The van der Waals surface area contributed by atoms with E-state index >= 15 is 0 Å². The van der Waals surface area contributed by atoms with Crippen LogP contribution in [0.1, 0.15) is 71.6 Å². The smallest absolute Gasteiger partial charge is 0.229 e. The predicted molar refractivity (Wildman–Crippen MR) is 91.1 cm³/mol. The molecule has 0 aromatic heterocycles. The molecule has 1 amide bonds. The zero-order chi connectivity index (χ0) is 15.5. The zero-order valence-electron chi connectivity index (χ0n) is 13.6. The summed E-state index contributed by atoms with van der Waals surface area (Å²) in [6.45, 7) is 4.92.